The Hall–Kier alpha value is -1.37. The Morgan fingerprint density at radius 1 is 0.611 bits per heavy atom. The maximum absolute atomic E-state index is 11.3. The molecular formula is C28H44O6Si2. The molecule has 1 aliphatic rings. The summed E-state index contributed by atoms with van der Waals surface area (Å²) in [5, 5.41) is 46.7. The molecule has 1 fully saturated rings. The van der Waals surface area contributed by atoms with E-state index >= 15 is 0 Å². The van der Waals surface area contributed by atoms with Gasteiger partial charge in [0.05, 0.1) is 0 Å². The highest BCUT2D eigenvalue weighted by Gasteiger charge is 2.58. The van der Waals surface area contributed by atoms with Crippen molar-refractivity contribution in [2.75, 3.05) is 0 Å². The second-order valence-electron chi connectivity index (χ2n) is 11.0. The molecule has 1 saturated carbocycles. The average molecular weight is 533 g/mol. The Morgan fingerprint density at radius 3 is 1.25 bits per heavy atom. The fraction of sp³-hybridized carbons (Fsp3) is 0.571. The number of hydrogen-bond acceptors (Lipinski definition) is 6. The minimum atomic E-state index is -3.14. The van der Waals surface area contributed by atoms with Gasteiger partial charge in [0.15, 0.2) is 8.32 Å². The first-order chi connectivity index (χ1) is 17.0. The molecule has 6 nitrogen and oxygen atoms in total. The minimum absolute atomic E-state index is 0.396. The highest BCUT2D eigenvalue weighted by atomic mass is 28.4. The molecule has 2 unspecified atom stereocenters. The van der Waals surface area contributed by atoms with E-state index in [1.807, 2.05) is 60.7 Å². The van der Waals surface area contributed by atoms with Crippen LogP contribution in [0.25, 0.3) is 0 Å². The minimum Gasteiger partial charge on any atom is -0.408 e. The van der Waals surface area contributed by atoms with Crippen molar-refractivity contribution < 1.29 is 29.3 Å². The third-order valence-corrected chi connectivity index (χ3v) is 17.8. The van der Waals surface area contributed by atoms with Gasteiger partial charge in [-0.25, -0.2) is 0 Å². The molecule has 0 heterocycles. The number of rotatable bonds is 9. The summed E-state index contributed by atoms with van der Waals surface area (Å²) in [6, 6.07) is 22.3. The molecular weight excluding hydrogens is 488 g/mol. The summed E-state index contributed by atoms with van der Waals surface area (Å²) in [6.45, 7) is 12.5. The predicted octanol–water partition coefficient (Wildman–Crippen LogP) is 2.78. The molecule has 1 aliphatic carbocycles. The van der Waals surface area contributed by atoms with Gasteiger partial charge in [0.1, 0.15) is 36.6 Å². The predicted molar refractivity (Wildman–Crippen MR) is 149 cm³/mol. The van der Waals surface area contributed by atoms with Gasteiger partial charge < -0.3 is 29.3 Å². The molecule has 0 saturated heterocycles. The lowest BCUT2D eigenvalue weighted by atomic mass is 9.85. The summed E-state index contributed by atoms with van der Waals surface area (Å²) in [5.41, 5.74) is 0. The number of hydrogen-bond donors (Lipinski definition) is 4. The van der Waals surface area contributed by atoms with E-state index in [2.05, 4.69) is 41.5 Å². The quantitative estimate of drug-likeness (QED) is 0.371. The van der Waals surface area contributed by atoms with Crippen LogP contribution in [-0.2, 0) is 8.85 Å². The first kappa shape index (κ1) is 29.2. The molecule has 0 spiro atoms. The van der Waals surface area contributed by atoms with Crippen LogP contribution in [0.1, 0.15) is 41.5 Å². The second-order valence-corrected chi connectivity index (χ2v) is 20.0. The molecule has 8 heteroatoms. The first-order valence-corrected chi connectivity index (χ1v) is 17.6. The smallest absolute Gasteiger partial charge is 0.261 e. The van der Waals surface area contributed by atoms with Gasteiger partial charge in [0.2, 0.25) is 0 Å². The fourth-order valence-electron chi connectivity index (χ4n) is 5.64. The van der Waals surface area contributed by atoms with E-state index < -0.39 is 58.3 Å². The molecule has 200 valence electrons. The van der Waals surface area contributed by atoms with Crippen molar-refractivity contribution in [1.29, 1.82) is 0 Å². The summed E-state index contributed by atoms with van der Waals surface area (Å²) in [6.07, 6.45) is -7.88. The largest absolute Gasteiger partial charge is 0.408 e. The van der Waals surface area contributed by atoms with E-state index in [4.69, 9.17) is 8.85 Å². The van der Waals surface area contributed by atoms with Gasteiger partial charge in [-0.15, -0.1) is 0 Å². The van der Waals surface area contributed by atoms with Crippen LogP contribution in [0, 0.1) is 0 Å². The Balaban J connectivity index is 2.07. The Bertz CT molecular complexity index is 884. The van der Waals surface area contributed by atoms with Crippen LogP contribution in [-0.4, -0.2) is 73.7 Å². The van der Waals surface area contributed by atoms with Crippen LogP contribution in [0.15, 0.2) is 60.7 Å². The van der Waals surface area contributed by atoms with Crippen molar-refractivity contribution in [3.8, 4) is 0 Å². The van der Waals surface area contributed by atoms with Gasteiger partial charge >= 0.3 is 0 Å². The van der Waals surface area contributed by atoms with Gasteiger partial charge in [-0.3, -0.25) is 0 Å². The fourth-order valence-corrected chi connectivity index (χ4v) is 13.2. The lowest BCUT2D eigenvalue weighted by molar-refractivity contribution is -0.214. The lowest BCUT2D eigenvalue weighted by Crippen LogP contribution is -2.73. The molecule has 0 aliphatic heterocycles. The maximum atomic E-state index is 11.3. The number of aliphatic hydroxyl groups is 4. The Labute approximate surface area is 218 Å². The Kier molecular flexibility index (Phi) is 9.38. The van der Waals surface area contributed by atoms with E-state index in [0.717, 1.165) is 28.5 Å². The zero-order valence-electron chi connectivity index (χ0n) is 22.5. The topological polar surface area (TPSA) is 99.4 Å². The van der Waals surface area contributed by atoms with Crippen LogP contribution in [0.5, 0.6) is 0 Å². The van der Waals surface area contributed by atoms with Gasteiger partial charge in [0, 0.05) is 0 Å². The SMILES string of the molecule is CC[Si](CC)(CC)OC1[C@@H](O)[C@@H](O)C(O[Si](c2ccccc2)(c2ccccc2)C(C)(C)C)[C@H](O)[C@H]1O. The average Bonchev–Trinajstić information content (AvgIpc) is 2.89. The van der Waals surface area contributed by atoms with Crippen molar-refractivity contribution >= 4 is 27.0 Å². The zero-order valence-corrected chi connectivity index (χ0v) is 24.5. The summed E-state index contributed by atoms with van der Waals surface area (Å²) < 4.78 is 13.3. The molecule has 6 atom stereocenters. The van der Waals surface area contributed by atoms with Gasteiger partial charge in [0.25, 0.3) is 8.32 Å². The molecule has 0 amide bonds. The van der Waals surface area contributed by atoms with Crippen LogP contribution in [0.4, 0.5) is 0 Å². The normalized spacial score (nSPS) is 27.7. The summed E-state index contributed by atoms with van der Waals surface area (Å²) in [5.74, 6) is 0. The molecule has 0 radical (unpaired) electrons. The van der Waals surface area contributed by atoms with E-state index in [1.54, 1.807) is 0 Å². The first-order valence-electron chi connectivity index (χ1n) is 13.2. The maximum Gasteiger partial charge on any atom is 0.261 e. The molecule has 0 bridgehead atoms. The molecule has 2 aromatic carbocycles. The van der Waals surface area contributed by atoms with E-state index in [1.165, 1.54) is 0 Å². The van der Waals surface area contributed by atoms with Gasteiger partial charge in [-0.1, -0.05) is 102 Å². The summed E-state index contributed by atoms with van der Waals surface area (Å²) >= 11 is 0. The lowest BCUT2D eigenvalue weighted by Gasteiger charge is -2.51. The van der Waals surface area contributed by atoms with Crippen molar-refractivity contribution in [3.05, 3.63) is 60.7 Å². The second kappa shape index (κ2) is 11.6. The summed E-state index contributed by atoms with van der Waals surface area (Å²) in [7, 11) is -5.37. The van der Waals surface area contributed by atoms with Crippen LogP contribution >= 0.6 is 0 Å². The van der Waals surface area contributed by atoms with Crippen LogP contribution in [0.3, 0.4) is 0 Å². The van der Waals surface area contributed by atoms with E-state index in [9.17, 15) is 20.4 Å². The summed E-state index contributed by atoms with van der Waals surface area (Å²) in [4.78, 5) is 0. The highest BCUT2D eigenvalue weighted by molar-refractivity contribution is 6.99. The number of benzene rings is 2. The van der Waals surface area contributed by atoms with Crippen LogP contribution < -0.4 is 10.4 Å². The monoisotopic (exact) mass is 532 g/mol. The zero-order chi connectivity index (χ0) is 26.7. The van der Waals surface area contributed by atoms with Crippen molar-refractivity contribution in [2.45, 2.75) is 101 Å². The van der Waals surface area contributed by atoms with E-state index in [0.29, 0.717) is 0 Å². The van der Waals surface area contributed by atoms with E-state index in [-0.39, 0.29) is 0 Å². The third-order valence-electron chi connectivity index (χ3n) is 8.10. The molecule has 4 N–H and O–H groups in total. The standard InChI is InChI=1S/C28H44O6Si2/c1-7-35(8-2,9-3)33-26-22(29)24(31)27(25(32)23(26)30)34-36(28(4,5)6,20-16-12-10-13-17-20)21-18-14-11-15-19-21/h10-19,22-27,29-32H,7-9H2,1-6H3/t22-,23+,24-,25-,26?,27?/m1/s1. The van der Waals surface area contributed by atoms with Crippen LogP contribution in [0.2, 0.25) is 23.2 Å². The van der Waals surface area contributed by atoms with Gasteiger partial charge in [-0.2, -0.15) is 0 Å². The molecule has 2 aromatic rings. The molecule has 3 rings (SSSR count). The highest BCUT2D eigenvalue weighted by Crippen LogP contribution is 2.40. The third kappa shape index (κ3) is 5.28. The molecule has 0 aromatic heterocycles. The Morgan fingerprint density at radius 2 is 0.944 bits per heavy atom. The van der Waals surface area contributed by atoms with Crippen molar-refractivity contribution in [2.24, 2.45) is 0 Å². The number of aliphatic hydroxyl groups excluding tert-OH is 4. The van der Waals surface area contributed by atoms with Crippen molar-refractivity contribution in [1.82, 2.24) is 0 Å². The van der Waals surface area contributed by atoms with Gasteiger partial charge in [-0.05, 0) is 33.5 Å². The molecule has 36 heavy (non-hydrogen) atoms. The van der Waals surface area contributed by atoms with Crippen molar-refractivity contribution in [3.63, 3.8) is 0 Å².